The summed E-state index contributed by atoms with van der Waals surface area (Å²) in [7, 11) is 0. The maximum atomic E-state index is 12.9. The van der Waals surface area contributed by atoms with Gasteiger partial charge in [-0.15, -0.1) is 12.6 Å². The lowest BCUT2D eigenvalue weighted by molar-refractivity contribution is -0.133. The van der Waals surface area contributed by atoms with E-state index in [-0.39, 0.29) is 36.0 Å². The highest BCUT2D eigenvalue weighted by atomic mass is 32.1. The topological polar surface area (TPSA) is 133 Å². The zero-order chi connectivity index (χ0) is 23.0. The van der Waals surface area contributed by atoms with Gasteiger partial charge in [-0.05, 0) is 31.1 Å². The molecule has 0 aromatic rings. The van der Waals surface area contributed by atoms with Crippen LogP contribution >= 0.6 is 12.6 Å². The van der Waals surface area contributed by atoms with E-state index in [4.69, 9.17) is 0 Å². The molecule has 0 unspecified atom stereocenters. The normalized spacial score (nSPS) is 19.1. The molecule has 9 nitrogen and oxygen atoms in total. The number of nitrogens with one attached hydrogen (secondary N) is 4. The van der Waals surface area contributed by atoms with Crippen molar-refractivity contribution in [1.29, 1.82) is 0 Å². The molecular formula is C20H34N4O5S. The average molecular weight is 443 g/mol. The third-order valence-electron chi connectivity index (χ3n) is 4.95. The highest BCUT2D eigenvalue weighted by Gasteiger charge is 2.33. The fourth-order valence-electron chi connectivity index (χ4n) is 3.37. The van der Waals surface area contributed by atoms with E-state index >= 15 is 0 Å². The predicted octanol–water partition coefficient (Wildman–Crippen LogP) is 0.145. The van der Waals surface area contributed by atoms with Gasteiger partial charge in [-0.3, -0.25) is 24.0 Å². The zero-order valence-corrected chi connectivity index (χ0v) is 19.2. The fraction of sp³-hybridized carbons (Fsp3) is 0.750. The van der Waals surface area contributed by atoms with Crippen LogP contribution in [0, 0.1) is 17.8 Å². The Morgan fingerprint density at radius 2 is 1.63 bits per heavy atom. The lowest BCUT2D eigenvalue weighted by Crippen LogP contribution is -2.57. The molecule has 0 spiro atoms. The molecule has 1 aliphatic heterocycles. The maximum absolute atomic E-state index is 12.9. The van der Waals surface area contributed by atoms with Crippen LogP contribution < -0.4 is 21.3 Å². The van der Waals surface area contributed by atoms with Crippen molar-refractivity contribution in [3.63, 3.8) is 0 Å². The summed E-state index contributed by atoms with van der Waals surface area (Å²) in [4.78, 5) is 60.8. The summed E-state index contributed by atoms with van der Waals surface area (Å²) in [5, 5.41) is 10.1. The first-order chi connectivity index (χ1) is 13.9. The number of carbonyl (C=O) groups is 5. The molecule has 1 rings (SSSR count). The van der Waals surface area contributed by atoms with Gasteiger partial charge >= 0.3 is 0 Å². The zero-order valence-electron chi connectivity index (χ0n) is 18.3. The monoisotopic (exact) mass is 442 g/mol. The average Bonchev–Trinajstić information content (AvgIpc) is 3.02. The molecule has 0 aromatic heterocycles. The van der Waals surface area contributed by atoms with Crippen LogP contribution in [0.2, 0.25) is 0 Å². The minimum atomic E-state index is -0.933. The van der Waals surface area contributed by atoms with Crippen LogP contribution in [-0.2, 0) is 24.0 Å². The number of hydrogen-bond donors (Lipinski definition) is 5. The summed E-state index contributed by atoms with van der Waals surface area (Å²) >= 11 is 3.86. The third kappa shape index (κ3) is 8.33. The van der Waals surface area contributed by atoms with Crippen LogP contribution in [-0.4, -0.2) is 53.4 Å². The number of amides is 4. The Balaban J connectivity index is 2.89. The van der Waals surface area contributed by atoms with E-state index in [1.165, 1.54) is 6.92 Å². The van der Waals surface area contributed by atoms with Crippen molar-refractivity contribution >= 4 is 41.4 Å². The highest BCUT2D eigenvalue weighted by molar-refractivity contribution is 7.96. The van der Waals surface area contributed by atoms with Crippen molar-refractivity contribution in [3.8, 4) is 0 Å². The minimum absolute atomic E-state index is 0.0880. The van der Waals surface area contributed by atoms with Crippen molar-refractivity contribution in [2.24, 2.45) is 17.8 Å². The molecule has 0 aromatic carbocycles. The SMILES string of the molecule is CC(=O)N[C@@H](C(=O)N[C@@H](CC(C)C)C(=O)N[C@@H](C[C@@H]1CCNC1=O)C(=O)S)C(C)C. The molecule has 1 heterocycles. The number of thiol groups is 1. The molecule has 10 heteroatoms. The van der Waals surface area contributed by atoms with Gasteiger partial charge in [-0.2, -0.15) is 0 Å². The Morgan fingerprint density at radius 3 is 2.07 bits per heavy atom. The Kier molecular flexibility index (Phi) is 10.3. The van der Waals surface area contributed by atoms with Crippen LogP contribution in [0.1, 0.15) is 53.9 Å². The summed E-state index contributed by atoms with van der Waals surface area (Å²) in [5.41, 5.74) is 0. The van der Waals surface area contributed by atoms with Crippen molar-refractivity contribution < 1.29 is 24.0 Å². The molecule has 170 valence electrons. The second-order valence-electron chi connectivity index (χ2n) is 8.52. The van der Waals surface area contributed by atoms with Gasteiger partial charge in [-0.25, -0.2) is 0 Å². The van der Waals surface area contributed by atoms with E-state index in [0.717, 1.165) is 0 Å². The summed E-state index contributed by atoms with van der Waals surface area (Å²) < 4.78 is 0. The Morgan fingerprint density at radius 1 is 1.03 bits per heavy atom. The Hall–Kier alpha value is -2.10. The van der Waals surface area contributed by atoms with E-state index in [1.807, 2.05) is 13.8 Å². The summed E-state index contributed by atoms with van der Waals surface area (Å²) in [5.74, 6) is -1.93. The first kappa shape index (κ1) is 25.9. The molecule has 0 saturated carbocycles. The van der Waals surface area contributed by atoms with Gasteiger partial charge in [0.2, 0.25) is 28.7 Å². The second-order valence-corrected chi connectivity index (χ2v) is 8.97. The minimum Gasteiger partial charge on any atom is -0.356 e. The van der Waals surface area contributed by atoms with Crippen molar-refractivity contribution in [1.82, 2.24) is 21.3 Å². The molecule has 4 atom stereocenters. The number of carbonyl (C=O) groups excluding carboxylic acids is 5. The molecule has 0 aliphatic carbocycles. The first-order valence-electron chi connectivity index (χ1n) is 10.3. The predicted molar refractivity (Wildman–Crippen MR) is 115 cm³/mol. The Bertz CT molecular complexity index is 668. The smallest absolute Gasteiger partial charge is 0.243 e. The highest BCUT2D eigenvalue weighted by Crippen LogP contribution is 2.18. The van der Waals surface area contributed by atoms with E-state index in [2.05, 4.69) is 33.9 Å². The fourth-order valence-corrected chi connectivity index (χ4v) is 3.54. The van der Waals surface area contributed by atoms with Crippen LogP contribution in [0.3, 0.4) is 0 Å². The van der Waals surface area contributed by atoms with E-state index in [1.54, 1.807) is 13.8 Å². The largest absolute Gasteiger partial charge is 0.356 e. The molecule has 1 aliphatic rings. The van der Waals surface area contributed by atoms with Gasteiger partial charge in [0, 0.05) is 19.4 Å². The summed E-state index contributed by atoms with van der Waals surface area (Å²) in [6.07, 6.45) is 1.09. The molecule has 0 radical (unpaired) electrons. The van der Waals surface area contributed by atoms with Gasteiger partial charge in [-0.1, -0.05) is 27.7 Å². The van der Waals surface area contributed by atoms with Crippen molar-refractivity contribution in [3.05, 3.63) is 0 Å². The van der Waals surface area contributed by atoms with Gasteiger partial charge in [0.15, 0.2) is 0 Å². The summed E-state index contributed by atoms with van der Waals surface area (Å²) in [6.45, 7) is 9.26. The number of rotatable bonds is 11. The van der Waals surface area contributed by atoms with Gasteiger partial charge in [0.1, 0.15) is 12.1 Å². The molecule has 1 fully saturated rings. The number of hydrogen-bond acceptors (Lipinski definition) is 5. The molecule has 4 amide bonds. The molecule has 0 bridgehead atoms. The molecule has 4 N–H and O–H groups in total. The van der Waals surface area contributed by atoms with Gasteiger partial charge in [0.05, 0.1) is 6.04 Å². The quantitative estimate of drug-likeness (QED) is 0.290. The van der Waals surface area contributed by atoms with Crippen LogP contribution in [0.5, 0.6) is 0 Å². The first-order valence-corrected chi connectivity index (χ1v) is 10.7. The third-order valence-corrected chi connectivity index (χ3v) is 5.26. The second kappa shape index (κ2) is 11.9. The van der Waals surface area contributed by atoms with Crippen LogP contribution in [0.15, 0.2) is 0 Å². The van der Waals surface area contributed by atoms with Crippen LogP contribution in [0.25, 0.3) is 0 Å². The van der Waals surface area contributed by atoms with E-state index in [0.29, 0.717) is 19.4 Å². The van der Waals surface area contributed by atoms with Gasteiger partial charge < -0.3 is 21.3 Å². The van der Waals surface area contributed by atoms with E-state index < -0.39 is 35.1 Å². The lowest BCUT2D eigenvalue weighted by atomic mass is 9.97. The Labute approximate surface area is 183 Å². The van der Waals surface area contributed by atoms with Crippen molar-refractivity contribution in [2.45, 2.75) is 72.0 Å². The summed E-state index contributed by atoms with van der Waals surface area (Å²) in [6, 6.07) is -2.60. The van der Waals surface area contributed by atoms with Crippen LogP contribution in [0.4, 0.5) is 0 Å². The van der Waals surface area contributed by atoms with Gasteiger partial charge in [0.25, 0.3) is 0 Å². The van der Waals surface area contributed by atoms with E-state index in [9.17, 15) is 24.0 Å². The molecule has 1 saturated heterocycles. The lowest BCUT2D eigenvalue weighted by Gasteiger charge is -2.27. The molecule has 30 heavy (non-hydrogen) atoms. The maximum Gasteiger partial charge on any atom is 0.243 e. The van der Waals surface area contributed by atoms with Crippen molar-refractivity contribution in [2.75, 3.05) is 6.54 Å². The molecular weight excluding hydrogens is 408 g/mol. The standard InChI is InChI=1S/C20H34N4O5S/c1-10(2)8-14(23-19(28)16(11(3)4)22-12(5)25)18(27)24-15(20(29)30)9-13-6-7-21-17(13)26/h10-11,13-16H,6-9H2,1-5H3,(H,21,26)(H,22,25)(H,23,28)(H,24,27)(H,29,30)/t13-,14-,15-,16+/m0/s1.